The van der Waals surface area contributed by atoms with E-state index in [1.807, 2.05) is 0 Å². The molecule has 0 saturated carbocycles. The number of esters is 1. The Morgan fingerprint density at radius 2 is 1.79 bits per heavy atom. The second-order valence-electron chi connectivity index (χ2n) is 9.48. The molecule has 7 nitrogen and oxygen atoms in total. The number of hydrogen-bond acceptors (Lipinski definition) is 7. The molecule has 0 aliphatic carbocycles. The van der Waals surface area contributed by atoms with Crippen LogP contribution in [0.5, 0.6) is 0 Å². The highest BCUT2D eigenvalue weighted by molar-refractivity contribution is 6.33. The molecule has 1 N–H and O–H groups in total. The molecule has 0 bridgehead atoms. The number of ether oxygens (including phenoxy) is 1. The van der Waals surface area contributed by atoms with Gasteiger partial charge in [0.1, 0.15) is 17.2 Å². The van der Waals surface area contributed by atoms with E-state index >= 15 is 0 Å². The molecule has 2 heterocycles. The van der Waals surface area contributed by atoms with Crippen molar-refractivity contribution in [2.75, 3.05) is 11.9 Å². The largest absolute Gasteiger partial charge is 0.460 e. The molecule has 204 valence electrons. The molecule has 4 rings (SSSR count). The summed E-state index contributed by atoms with van der Waals surface area (Å²) in [5.41, 5.74) is -1.77. The Bertz CT molecular complexity index is 1500. The Kier molecular flexibility index (Phi) is 7.91. The molecule has 0 amide bonds. The van der Waals surface area contributed by atoms with Crippen molar-refractivity contribution in [2.45, 2.75) is 39.0 Å². The smallest absolute Gasteiger partial charge is 0.417 e. The molecule has 0 unspecified atom stereocenters. The first kappa shape index (κ1) is 28.0. The fraction of sp³-hybridized carbons (Fsp3) is 0.259. The Labute approximate surface area is 226 Å². The first-order valence-corrected chi connectivity index (χ1v) is 12.1. The Morgan fingerprint density at radius 3 is 2.46 bits per heavy atom. The molecule has 0 aliphatic rings. The van der Waals surface area contributed by atoms with Crippen molar-refractivity contribution in [1.29, 1.82) is 0 Å². The van der Waals surface area contributed by atoms with E-state index in [9.17, 15) is 22.4 Å². The molecule has 0 radical (unpaired) electrons. The van der Waals surface area contributed by atoms with Crippen LogP contribution >= 0.6 is 11.6 Å². The number of anilines is 1. The lowest BCUT2D eigenvalue weighted by Gasteiger charge is -2.19. The molecule has 0 fully saturated rings. The van der Waals surface area contributed by atoms with Crippen molar-refractivity contribution in [3.8, 4) is 34.0 Å². The standard InChI is InChI=1S/C27H23ClF4N4O3/c1-26(2,3)38-22(37)10-11-33-24-20(28)13-16(14-34-24)23-35-25(39-36-23)15-8-9-17(19(12-15)27(30,31)32)18-6-4-5-7-21(18)29/h4-9,12-14H,10-11H2,1-3H3,(H,33,34). The quantitative estimate of drug-likeness (QED) is 0.185. The van der Waals surface area contributed by atoms with E-state index in [2.05, 4.69) is 20.4 Å². The van der Waals surface area contributed by atoms with Gasteiger partial charge in [-0.25, -0.2) is 9.37 Å². The number of hydrogen-bond donors (Lipinski definition) is 1. The maximum absolute atomic E-state index is 14.2. The van der Waals surface area contributed by atoms with Gasteiger partial charge in [-0.3, -0.25) is 4.79 Å². The third-order valence-corrected chi connectivity index (χ3v) is 5.59. The molecule has 12 heteroatoms. The normalized spacial score (nSPS) is 11.9. The van der Waals surface area contributed by atoms with Crippen LogP contribution in [0, 0.1) is 5.82 Å². The fourth-order valence-electron chi connectivity index (χ4n) is 3.65. The predicted octanol–water partition coefficient (Wildman–Crippen LogP) is 7.42. The monoisotopic (exact) mass is 562 g/mol. The molecular weight excluding hydrogens is 540 g/mol. The highest BCUT2D eigenvalue weighted by Crippen LogP contribution is 2.40. The first-order chi connectivity index (χ1) is 18.3. The van der Waals surface area contributed by atoms with Crippen LogP contribution in [0.1, 0.15) is 32.8 Å². The van der Waals surface area contributed by atoms with Crippen molar-refractivity contribution in [3.63, 3.8) is 0 Å². The number of benzene rings is 2. The van der Waals surface area contributed by atoms with Crippen molar-refractivity contribution in [1.82, 2.24) is 15.1 Å². The summed E-state index contributed by atoms with van der Waals surface area (Å²) in [6, 6.07) is 10.1. The summed E-state index contributed by atoms with van der Waals surface area (Å²) < 4.78 is 66.3. The number of aromatic nitrogens is 3. The minimum absolute atomic E-state index is 0.000602. The number of nitrogens with one attached hydrogen (secondary N) is 1. The SMILES string of the molecule is CC(C)(C)OC(=O)CCNc1ncc(-c2noc(-c3ccc(-c4ccccc4F)c(C(F)(F)F)c3)n2)cc1Cl. The minimum Gasteiger partial charge on any atom is -0.460 e. The van der Waals surface area contributed by atoms with Crippen LogP contribution in [0.25, 0.3) is 34.0 Å². The molecule has 39 heavy (non-hydrogen) atoms. The summed E-state index contributed by atoms with van der Waals surface area (Å²) >= 11 is 6.30. The highest BCUT2D eigenvalue weighted by atomic mass is 35.5. The fourth-order valence-corrected chi connectivity index (χ4v) is 3.88. The van der Waals surface area contributed by atoms with Crippen LogP contribution in [-0.2, 0) is 15.7 Å². The highest BCUT2D eigenvalue weighted by Gasteiger charge is 2.35. The van der Waals surface area contributed by atoms with Gasteiger partial charge >= 0.3 is 12.1 Å². The molecule has 0 aliphatic heterocycles. The number of alkyl halides is 3. The predicted molar refractivity (Wildman–Crippen MR) is 137 cm³/mol. The summed E-state index contributed by atoms with van der Waals surface area (Å²) in [5.74, 6) is -0.968. The van der Waals surface area contributed by atoms with Gasteiger partial charge in [-0.2, -0.15) is 18.2 Å². The molecular formula is C27H23ClF4N4O3. The van der Waals surface area contributed by atoms with E-state index in [0.717, 1.165) is 18.2 Å². The molecule has 0 spiro atoms. The zero-order valence-corrected chi connectivity index (χ0v) is 21.8. The minimum atomic E-state index is -4.76. The second kappa shape index (κ2) is 11.0. The topological polar surface area (TPSA) is 90.1 Å². The molecule has 2 aromatic carbocycles. The number of rotatable bonds is 7. The molecule has 0 saturated heterocycles. The summed E-state index contributed by atoms with van der Waals surface area (Å²) in [6.07, 6.45) is -3.26. The maximum atomic E-state index is 14.2. The van der Waals surface area contributed by atoms with Crippen LogP contribution in [0.2, 0.25) is 5.02 Å². The maximum Gasteiger partial charge on any atom is 0.417 e. The van der Waals surface area contributed by atoms with Crippen LogP contribution in [0.15, 0.2) is 59.3 Å². The van der Waals surface area contributed by atoms with Crippen molar-refractivity contribution in [2.24, 2.45) is 0 Å². The van der Waals surface area contributed by atoms with E-state index < -0.39 is 23.2 Å². The van der Waals surface area contributed by atoms with Crippen LogP contribution in [-0.4, -0.2) is 33.2 Å². The average Bonchev–Trinajstić information content (AvgIpc) is 3.34. The lowest BCUT2D eigenvalue weighted by Crippen LogP contribution is -2.25. The van der Waals surface area contributed by atoms with Gasteiger partial charge in [-0.15, -0.1) is 0 Å². The average molecular weight is 563 g/mol. The number of nitrogens with zero attached hydrogens (tertiary/aromatic N) is 3. The number of carbonyl (C=O) groups is 1. The van der Waals surface area contributed by atoms with Crippen LogP contribution in [0.3, 0.4) is 0 Å². The third-order valence-electron chi connectivity index (χ3n) is 5.30. The lowest BCUT2D eigenvalue weighted by molar-refractivity contribution is -0.154. The van der Waals surface area contributed by atoms with Gasteiger partial charge in [0.25, 0.3) is 5.89 Å². The van der Waals surface area contributed by atoms with Gasteiger partial charge in [0, 0.05) is 29.4 Å². The molecule has 0 atom stereocenters. The van der Waals surface area contributed by atoms with E-state index in [1.165, 1.54) is 36.5 Å². The second-order valence-corrected chi connectivity index (χ2v) is 9.89. The van der Waals surface area contributed by atoms with Gasteiger partial charge in [-0.1, -0.05) is 41.0 Å². The number of halogens is 5. The van der Waals surface area contributed by atoms with Gasteiger partial charge in [0.05, 0.1) is 17.0 Å². The van der Waals surface area contributed by atoms with Crippen molar-refractivity contribution < 1.29 is 31.6 Å². The van der Waals surface area contributed by atoms with Gasteiger partial charge < -0.3 is 14.6 Å². The summed E-state index contributed by atoms with van der Waals surface area (Å²) in [6.45, 7) is 5.55. The zero-order chi connectivity index (χ0) is 28.4. The van der Waals surface area contributed by atoms with E-state index in [0.29, 0.717) is 11.4 Å². The van der Waals surface area contributed by atoms with Gasteiger partial charge in [-0.05, 0) is 50.6 Å². The van der Waals surface area contributed by atoms with Gasteiger partial charge in [0.15, 0.2) is 0 Å². The van der Waals surface area contributed by atoms with Crippen molar-refractivity contribution in [3.05, 3.63) is 71.1 Å². The van der Waals surface area contributed by atoms with E-state index in [1.54, 1.807) is 20.8 Å². The number of pyridine rings is 1. The third kappa shape index (κ3) is 6.91. The Hall–Kier alpha value is -3.99. The molecule has 4 aromatic rings. The first-order valence-electron chi connectivity index (χ1n) is 11.7. The van der Waals surface area contributed by atoms with E-state index in [-0.39, 0.29) is 52.4 Å². The van der Waals surface area contributed by atoms with Crippen LogP contribution < -0.4 is 5.32 Å². The molecule has 2 aromatic heterocycles. The van der Waals surface area contributed by atoms with Crippen molar-refractivity contribution >= 4 is 23.4 Å². The summed E-state index contributed by atoms with van der Waals surface area (Å²) in [7, 11) is 0. The zero-order valence-electron chi connectivity index (χ0n) is 21.1. The Morgan fingerprint density at radius 1 is 1.05 bits per heavy atom. The summed E-state index contributed by atoms with van der Waals surface area (Å²) in [5, 5.41) is 6.98. The summed E-state index contributed by atoms with van der Waals surface area (Å²) in [4.78, 5) is 20.2. The number of carbonyl (C=O) groups excluding carboxylic acids is 1. The lowest BCUT2D eigenvalue weighted by atomic mass is 9.96. The van der Waals surface area contributed by atoms with Gasteiger partial charge in [0.2, 0.25) is 5.82 Å². The van der Waals surface area contributed by atoms with E-state index in [4.69, 9.17) is 20.9 Å². The van der Waals surface area contributed by atoms with Crippen LogP contribution in [0.4, 0.5) is 23.4 Å². The Balaban J connectivity index is 1.53.